The Kier molecular flexibility index (Phi) is 3.24. The third-order valence-electron chi connectivity index (χ3n) is 3.01. The van der Waals surface area contributed by atoms with E-state index in [2.05, 4.69) is 9.97 Å². The molecule has 0 fully saturated rings. The molecular weight excluding hydrogens is 274 g/mol. The molecule has 0 atom stereocenters. The number of fused-ring (bicyclic) bond motifs is 1. The minimum absolute atomic E-state index is 0.573. The van der Waals surface area contributed by atoms with Gasteiger partial charge in [-0.05, 0) is 43.3 Å². The smallest absolute Gasteiger partial charge is 0.138 e. The van der Waals surface area contributed by atoms with Crippen molar-refractivity contribution in [1.82, 2.24) is 9.97 Å². The Morgan fingerprint density at radius 3 is 2.85 bits per heavy atom. The first-order valence-electron chi connectivity index (χ1n) is 6.35. The maximum Gasteiger partial charge on any atom is 0.138 e. The molecule has 0 saturated carbocycles. The number of H-pyrrole nitrogens is 1. The Morgan fingerprint density at radius 2 is 2.10 bits per heavy atom. The monoisotopic (exact) mass is 287 g/mol. The number of nitrogens with one attached hydrogen (secondary N) is 1. The summed E-state index contributed by atoms with van der Waals surface area (Å²) >= 11 is 6.20. The van der Waals surface area contributed by atoms with Gasteiger partial charge >= 0.3 is 0 Å². The highest BCUT2D eigenvalue weighted by Gasteiger charge is 2.08. The van der Waals surface area contributed by atoms with Crippen LogP contribution < -0.4 is 10.5 Å². The largest absolute Gasteiger partial charge is 0.492 e. The van der Waals surface area contributed by atoms with E-state index in [1.165, 1.54) is 0 Å². The van der Waals surface area contributed by atoms with Crippen LogP contribution in [0.25, 0.3) is 22.4 Å². The lowest BCUT2D eigenvalue weighted by Crippen LogP contribution is -1.92. The van der Waals surface area contributed by atoms with E-state index in [4.69, 9.17) is 22.1 Å². The van der Waals surface area contributed by atoms with Crippen LogP contribution in [0, 0.1) is 0 Å². The molecule has 4 nitrogen and oxygen atoms in total. The maximum atomic E-state index is 6.20. The predicted molar refractivity (Wildman–Crippen MR) is 82.1 cm³/mol. The number of nitrogens with zero attached hydrogens (tertiary/aromatic N) is 1. The number of nitrogen functional groups attached to an aromatic ring is 1. The first kappa shape index (κ1) is 12.8. The standard InChI is InChI=1S/C15H14ClN3O/c1-2-20-14-6-3-9(7-11(14)16)15-18-12-5-4-10(17)8-13(12)19-15/h3-8H,2,17H2,1H3,(H,18,19). The summed E-state index contributed by atoms with van der Waals surface area (Å²) in [4.78, 5) is 7.77. The quantitative estimate of drug-likeness (QED) is 0.719. The van der Waals surface area contributed by atoms with Gasteiger partial charge in [-0.2, -0.15) is 0 Å². The normalized spacial score (nSPS) is 10.9. The zero-order chi connectivity index (χ0) is 14.1. The number of aromatic amines is 1. The topological polar surface area (TPSA) is 63.9 Å². The van der Waals surface area contributed by atoms with Gasteiger partial charge in [-0.25, -0.2) is 4.98 Å². The predicted octanol–water partition coefficient (Wildman–Crippen LogP) is 3.86. The van der Waals surface area contributed by atoms with Crippen molar-refractivity contribution < 1.29 is 4.74 Å². The Bertz CT molecular complexity index is 767. The molecular formula is C15H14ClN3O. The number of nitrogens with two attached hydrogens (primary N) is 1. The summed E-state index contributed by atoms with van der Waals surface area (Å²) in [6.45, 7) is 2.51. The maximum absolute atomic E-state index is 6.20. The number of benzene rings is 2. The first-order chi connectivity index (χ1) is 9.67. The summed E-state index contributed by atoms with van der Waals surface area (Å²) in [5.41, 5.74) is 9.16. The van der Waals surface area contributed by atoms with Gasteiger partial charge in [0.05, 0.1) is 22.7 Å². The molecule has 1 aromatic heterocycles. The van der Waals surface area contributed by atoms with Crippen molar-refractivity contribution in [3.8, 4) is 17.1 Å². The van der Waals surface area contributed by atoms with E-state index in [9.17, 15) is 0 Å². The summed E-state index contributed by atoms with van der Waals surface area (Å²) in [7, 11) is 0. The van der Waals surface area contributed by atoms with Crippen molar-refractivity contribution in [3.63, 3.8) is 0 Å². The number of ether oxygens (including phenoxy) is 1. The summed E-state index contributed by atoms with van der Waals surface area (Å²) in [5.74, 6) is 1.44. The van der Waals surface area contributed by atoms with Crippen LogP contribution in [-0.4, -0.2) is 16.6 Å². The van der Waals surface area contributed by atoms with Gasteiger partial charge in [-0.1, -0.05) is 11.6 Å². The summed E-state index contributed by atoms with van der Waals surface area (Å²) < 4.78 is 5.42. The molecule has 0 aliphatic heterocycles. The van der Waals surface area contributed by atoms with Crippen molar-refractivity contribution in [3.05, 3.63) is 41.4 Å². The van der Waals surface area contributed by atoms with Crippen molar-refractivity contribution in [2.75, 3.05) is 12.3 Å². The molecule has 20 heavy (non-hydrogen) atoms. The van der Waals surface area contributed by atoms with E-state index in [1.54, 1.807) is 0 Å². The highest BCUT2D eigenvalue weighted by Crippen LogP contribution is 2.30. The fourth-order valence-electron chi connectivity index (χ4n) is 2.08. The van der Waals surface area contributed by atoms with Crippen molar-refractivity contribution >= 4 is 28.3 Å². The Balaban J connectivity index is 2.04. The zero-order valence-corrected chi connectivity index (χ0v) is 11.7. The molecule has 0 saturated heterocycles. The highest BCUT2D eigenvalue weighted by molar-refractivity contribution is 6.32. The van der Waals surface area contributed by atoms with Crippen LogP contribution in [0.4, 0.5) is 5.69 Å². The van der Waals surface area contributed by atoms with E-state index in [-0.39, 0.29) is 0 Å². The van der Waals surface area contributed by atoms with Gasteiger partial charge in [0.1, 0.15) is 11.6 Å². The number of imidazole rings is 1. The molecule has 0 aliphatic rings. The van der Waals surface area contributed by atoms with E-state index in [0.29, 0.717) is 23.1 Å². The molecule has 102 valence electrons. The van der Waals surface area contributed by atoms with Crippen molar-refractivity contribution in [2.45, 2.75) is 6.92 Å². The number of halogens is 1. The molecule has 0 radical (unpaired) electrons. The van der Waals surface area contributed by atoms with Crippen LogP contribution in [0.1, 0.15) is 6.92 Å². The number of hydrogen-bond donors (Lipinski definition) is 2. The van der Waals surface area contributed by atoms with Gasteiger partial charge in [-0.15, -0.1) is 0 Å². The first-order valence-corrected chi connectivity index (χ1v) is 6.73. The lowest BCUT2D eigenvalue weighted by atomic mass is 10.2. The van der Waals surface area contributed by atoms with E-state index < -0.39 is 0 Å². The van der Waals surface area contributed by atoms with Gasteiger partial charge in [0, 0.05) is 11.3 Å². The average Bonchev–Trinajstić information content (AvgIpc) is 2.84. The average molecular weight is 288 g/mol. The van der Waals surface area contributed by atoms with Crippen LogP contribution in [0.15, 0.2) is 36.4 Å². The summed E-state index contributed by atoms with van der Waals surface area (Å²) in [5, 5.41) is 0.573. The Hall–Kier alpha value is -2.20. The second-order valence-corrected chi connectivity index (χ2v) is 4.85. The second-order valence-electron chi connectivity index (χ2n) is 4.44. The fourth-order valence-corrected chi connectivity index (χ4v) is 2.32. The van der Waals surface area contributed by atoms with Crippen molar-refractivity contribution in [1.29, 1.82) is 0 Å². The molecule has 5 heteroatoms. The minimum atomic E-state index is 0.573. The lowest BCUT2D eigenvalue weighted by Gasteiger charge is -2.06. The van der Waals surface area contributed by atoms with Gasteiger partial charge in [0.25, 0.3) is 0 Å². The van der Waals surface area contributed by atoms with Gasteiger partial charge in [0.15, 0.2) is 0 Å². The Labute approximate surface area is 121 Å². The molecule has 0 aliphatic carbocycles. The molecule has 2 aromatic carbocycles. The second kappa shape index (κ2) is 5.06. The third-order valence-corrected chi connectivity index (χ3v) is 3.31. The molecule has 3 aromatic rings. The molecule has 0 amide bonds. The van der Waals surface area contributed by atoms with E-state index >= 15 is 0 Å². The molecule has 3 rings (SSSR count). The van der Waals surface area contributed by atoms with Crippen LogP contribution in [0.3, 0.4) is 0 Å². The fraction of sp³-hybridized carbons (Fsp3) is 0.133. The van der Waals surface area contributed by atoms with Gasteiger partial charge in [-0.3, -0.25) is 0 Å². The SMILES string of the molecule is CCOc1ccc(-c2nc3ccc(N)cc3[nH]2)cc1Cl. The van der Waals surface area contributed by atoms with E-state index in [0.717, 1.165) is 22.4 Å². The molecule has 0 bridgehead atoms. The highest BCUT2D eigenvalue weighted by atomic mass is 35.5. The van der Waals surface area contributed by atoms with Crippen LogP contribution in [0.2, 0.25) is 5.02 Å². The summed E-state index contributed by atoms with van der Waals surface area (Å²) in [6, 6.07) is 11.2. The van der Waals surface area contributed by atoms with Crippen molar-refractivity contribution in [2.24, 2.45) is 0 Å². The van der Waals surface area contributed by atoms with Gasteiger partial charge < -0.3 is 15.5 Å². The zero-order valence-electron chi connectivity index (χ0n) is 11.0. The van der Waals surface area contributed by atoms with Gasteiger partial charge in [0.2, 0.25) is 0 Å². The van der Waals surface area contributed by atoms with Crippen LogP contribution >= 0.6 is 11.6 Å². The molecule has 0 unspecified atom stereocenters. The molecule has 1 heterocycles. The number of aromatic nitrogens is 2. The van der Waals surface area contributed by atoms with E-state index in [1.807, 2.05) is 43.3 Å². The summed E-state index contributed by atoms with van der Waals surface area (Å²) in [6.07, 6.45) is 0. The van der Waals surface area contributed by atoms with Crippen LogP contribution in [0.5, 0.6) is 5.75 Å². The lowest BCUT2D eigenvalue weighted by molar-refractivity contribution is 0.340. The van der Waals surface area contributed by atoms with Crippen LogP contribution in [-0.2, 0) is 0 Å². The number of rotatable bonds is 3. The third kappa shape index (κ3) is 2.30. The molecule has 0 spiro atoms. The number of hydrogen-bond acceptors (Lipinski definition) is 3. The number of anilines is 1. The Morgan fingerprint density at radius 1 is 1.25 bits per heavy atom. The molecule has 3 N–H and O–H groups in total. The minimum Gasteiger partial charge on any atom is -0.492 e.